The van der Waals surface area contributed by atoms with Crippen molar-refractivity contribution in [1.82, 2.24) is 14.7 Å². The van der Waals surface area contributed by atoms with Gasteiger partial charge in [0.1, 0.15) is 29.7 Å². The number of ether oxygens (including phenoxy) is 1. The van der Waals surface area contributed by atoms with Gasteiger partial charge >= 0.3 is 0 Å². The van der Waals surface area contributed by atoms with Crippen molar-refractivity contribution in [2.24, 2.45) is 0 Å². The maximum atomic E-state index is 13.3. The molecule has 0 saturated heterocycles. The van der Waals surface area contributed by atoms with E-state index in [1.54, 1.807) is 23.8 Å². The molecule has 0 fully saturated rings. The largest absolute Gasteiger partial charge is 0.490 e. The quantitative estimate of drug-likeness (QED) is 0.246. The Kier molecular flexibility index (Phi) is 7.31. The summed E-state index contributed by atoms with van der Waals surface area (Å²) in [6.07, 6.45) is 6.67. The molecule has 0 radical (unpaired) electrons. The van der Waals surface area contributed by atoms with Crippen LogP contribution in [0.3, 0.4) is 0 Å². The lowest BCUT2D eigenvalue weighted by Gasteiger charge is -2.26. The van der Waals surface area contributed by atoms with Crippen LogP contribution in [0, 0.1) is 18.3 Å². The molecule has 1 aliphatic heterocycles. The first-order valence-electron chi connectivity index (χ1n) is 11.7. The normalized spacial score (nSPS) is 14.6. The Morgan fingerprint density at radius 2 is 1.81 bits per heavy atom. The molecule has 3 aromatic rings. The van der Waals surface area contributed by atoms with E-state index in [2.05, 4.69) is 13.2 Å². The zero-order chi connectivity index (χ0) is 26.5. The SMILES string of the molecule is C=CCOc1ccc(-c2nn(-c3ccccc3)cc2/C=C2/C(=O)N(CC=C)C(=O)C(C#N)=C2C)c(C)c1. The topological polar surface area (TPSA) is 88.2 Å². The number of rotatable bonds is 8. The first kappa shape index (κ1) is 25.1. The molecule has 0 spiro atoms. The lowest BCUT2D eigenvalue weighted by Crippen LogP contribution is -2.42. The van der Waals surface area contributed by atoms with Crippen molar-refractivity contribution >= 4 is 17.9 Å². The number of amides is 2. The van der Waals surface area contributed by atoms with Crippen molar-refractivity contribution in [2.75, 3.05) is 13.2 Å². The molecule has 1 aromatic heterocycles. The standard InChI is InChI=1S/C30H26N4O3/c1-5-14-33-29(35)26(21(4)27(18-31)30(33)36)17-22-19-34(23-10-8-7-9-11-23)32-28(22)25-13-12-24(16-20(25)3)37-15-6-2/h5-13,16-17,19H,1-2,14-15H2,3-4H3/b26-17+. The third-order valence-corrected chi connectivity index (χ3v) is 6.02. The van der Waals surface area contributed by atoms with Gasteiger partial charge in [-0.05, 0) is 61.4 Å². The molecular formula is C30H26N4O3. The molecule has 1 aliphatic rings. The van der Waals surface area contributed by atoms with E-state index in [0.717, 1.165) is 21.7 Å². The molecule has 37 heavy (non-hydrogen) atoms. The summed E-state index contributed by atoms with van der Waals surface area (Å²) in [6.45, 7) is 11.3. The van der Waals surface area contributed by atoms with Crippen LogP contribution in [0.2, 0.25) is 0 Å². The summed E-state index contributed by atoms with van der Waals surface area (Å²) in [5.41, 5.74) is 4.48. The zero-order valence-electron chi connectivity index (χ0n) is 20.8. The Morgan fingerprint density at radius 3 is 2.46 bits per heavy atom. The monoisotopic (exact) mass is 490 g/mol. The smallest absolute Gasteiger partial charge is 0.271 e. The molecule has 0 aliphatic carbocycles. The Morgan fingerprint density at radius 1 is 1.05 bits per heavy atom. The first-order valence-corrected chi connectivity index (χ1v) is 11.7. The second-order valence-corrected chi connectivity index (χ2v) is 8.47. The summed E-state index contributed by atoms with van der Waals surface area (Å²) in [6, 6.07) is 17.3. The number of hydrogen-bond donors (Lipinski definition) is 0. The number of nitrogens with zero attached hydrogens (tertiary/aromatic N) is 4. The summed E-state index contributed by atoms with van der Waals surface area (Å²) in [5, 5.41) is 14.5. The van der Waals surface area contributed by atoms with Crippen LogP contribution in [-0.2, 0) is 9.59 Å². The molecule has 184 valence electrons. The molecule has 7 nitrogen and oxygen atoms in total. The van der Waals surface area contributed by atoms with Crippen molar-refractivity contribution in [2.45, 2.75) is 13.8 Å². The first-order chi connectivity index (χ1) is 17.9. The Balaban J connectivity index is 1.91. The number of nitriles is 1. The van der Waals surface area contributed by atoms with Gasteiger partial charge in [0.05, 0.1) is 5.69 Å². The molecule has 0 saturated carbocycles. The van der Waals surface area contributed by atoms with Gasteiger partial charge in [-0.15, -0.1) is 6.58 Å². The molecule has 0 bridgehead atoms. The Bertz CT molecular complexity index is 1500. The fourth-order valence-electron chi connectivity index (χ4n) is 4.14. The fourth-order valence-corrected chi connectivity index (χ4v) is 4.14. The van der Waals surface area contributed by atoms with Gasteiger partial charge in [-0.2, -0.15) is 10.4 Å². The van der Waals surface area contributed by atoms with Crippen LogP contribution in [0.4, 0.5) is 0 Å². The van der Waals surface area contributed by atoms with Gasteiger partial charge in [0, 0.05) is 29.4 Å². The fraction of sp³-hybridized carbons (Fsp3) is 0.133. The van der Waals surface area contributed by atoms with Crippen molar-refractivity contribution in [1.29, 1.82) is 5.26 Å². The minimum absolute atomic E-state index is 0.00881. The number of carbonyl (C=O) groups excluding carboxylic acids is 2. The van der Waals surface area contributed by atoms with E-state index in [9.17, 15) is 14.9 Å². The highest BCUT2D eigenvalue weighted by molar-refractivity contribution is 6.20. The van der Waals surface area contributed by atoms with E-state index in [1.165, 1.54) is 6.08 Å². The zero-order valence-corrected chi connectivity index (χ0v) is 20.8. The molecule has 0 unspecified atom stereocenters. The summed E-state index contributed by atoms with van der Waals surface area (Å²) in [7, 11) is 0. The minimum Gasteiger partial charge on any atom is -0.490 e. The van der Waals surface area contributed by atoms with Gasteiger partial charge in [0.15, 0.2) is 0 Å². The molecule has 4 rings (SSSR count). The lowest BCUT2D eigenvalue weighted by atomic mass is 9.93. The number of aromatic nitrogens is 2. The van der Waals surface area contributed by atoms with Crippen LogP contribution in [-0.4, -0.2) is 39.6 Å². The average molecular weight is 491 g/mol. The Labute approximate surface area is 215 Å². The molecule has 0 N–H and O–H groups in total. The number of benzene rings is 2. The minimum atomic E-state index is -0.617. The van der Waals surface area contributed by atoms with E-state index in [4.69, 9.17) is 9.84 Å². The number of aryl methyl sites for hydroxylation is 1. The molecule has 2 aromatic carbocycles. The van der Waals surface area contributed by atoms with E-state index in [-0.39, 0.29) is 17.7 Å². The van der Waals surface area contributed by atoms with Crippen molar-refractivity contribution in [3.8, 4) is 28.8 Å². The van der Waals surface area contributed by atoms with E-state index >= 15 is 0 Å². The van der Waals surface area contributed by atoms with Crippen LogP contribution in [0.1, 0.15) is 18.1 Å². The number of para-hydroxylation sites is 1. The van der Waals surface area contributed by atoms with Gasteiger partial charge in [0.2, 0.25) is 0 Å². The summed E-state index contributed by atoms with van der Waals surface area (Å²) in [5.74, 6) is -0.389. The maximum Gasteiger partial charge on any atom is 0.271 e. The van der Waals surface area contributed by atoms with Crippen molar-refractivity contribution < 1.29 is 14.3 Å². The van der Waals surface area contributed by atoms with Gasteiger partial charge in [-0.1, -0.05) is 36.9 Å². The third kappa shape index (κ3) is 4.91. The highest BCUT2D eigenvalue weighted by atomic mass is 16.5. The summed E-state index contributed by atoms with van der Waals surface area (Å²) < 4.78 is 7.41. The predicted molar refractivity (Wildman–Crippen MR) is 143 cm³/mol. The highest BCUT2D eigenvalue weighted by Crippen LogP contribution is 2.33. The summed E-state index contributed by atoms with van der Waals surface area (Å²) >= 11 is 0. The van der Waals surface area contributed by atoms with Crippen LogP contribution in [0.5, 0.6) is 5.75 Å². The number of hydrogen-bond acceptors (Lipinski definition) is 5. The lowest BCUT2D eigenvalue weighted by molar-refractivity contribution is -0.139. The van der Waals surface area contributed by atoms with Gasteiger partial charge in [0.25, 0.3) is 11.8 Å². The molecule has 2 amide bonds. The molecule has 0 atom stereocenters. The van der Waals surface area contributed by atoms with Crippen molar-refractivity contribution in [3.05, 3.63) is 108 Å². The van der Waals surface area contributed by atoms with E-state index in [1.807, 2.05) is 67.7 Å². The highest BCUT2D eigenvalue weighted by Gasteiger charge is 2.35. The van der Waals surface area contributed by atoms with Crippen LogP contribution in [0.15, 0.2) is 96.8 Å². The van der Waals surface area contributed by atoms with Gasteiger partial charge < -0.3 is 4.74 Å². The third-order valence-electron chi connectivity index (χ3n) is 6.02. The van der Waals surface area contributed by atoms with E-state index in [0.29, 0.717) is 29.2 Å². The predicted octanol–water partition coefficient (Wildman–Crippen LogP) is 5.19. The number of carbonyl (C=O) groups is 2. The van der Waals surface area contributed by atoms with E-state index < -0.39 is 11.8 Å². The molecular weight excluding hydrogens is 464 g/mol. The van der Waals surface area contributed by atoms with Crippen LogP contribution < -0.4 is 4.74 Å². The van der Waals surface area contributed by atoms with Crippen LogP contribution in [0.25, 0.3) is 23.0 Å². The van der Waals surface area contributed by atoms with Crippen LogP contribution >= 0.6 is 0 Å². The summed E-state index contributed by atoms with van der Waals surface area (Å²) in [4.78, 5) is 27.1. The second-order valence-electron chi connectivity index (χ2n) is 8.47. The van der Waals surface area contributed by atoms with Crippen molar-refractivity contribution in [3.63, 3.8) is 0 Å². The maximum absolute atomic E-state index is 13.3. The number of imide groups is 1. The second kappa shape index (κ2) is 10.8. The molecule has 2 heterocycles. The average Bonchev–Trinajstić information content (AvgIpc) is 3.32. The molecule has 7 heteroatoms. The van der Waals surface area contributed by atoms with Gasteiger partial charge in [-0.25, -0.2) is 4.68 Å². The van der Waals surface area contributed by atoms with Gasteiger partial charge in [-0.3, -0.25) is 14.5 Å². The Hall–Kier alpha value is -4.96.